The molecule has 1 aromatic heterocycles. The summed E-state index contributed by atoms with van der Waals surface area (Å²) in [6, 6.07) is 20.9. The predicted octanol–water partition coefficient (Wildman–Crippen LogP) is 5.02. The Labute approximate surface area is 182 Å². The van der Waals surface area contributed by atoms with E-state index in [4.69, 9.17) is 11.6 Å². The van der Waals surface area contributed by atoms with Gasteiger partial charge in [-0.05, 0) is 35.9 Å². The molecule has 1 amide bonds. The summed E-state index contributed by atoms with van der Waals surface area (Å²) in [7, 11) is 0. The van der Waals surface area contributed by atoms with Crippen molar-refractivity contribution in [2.45, 2.75) is 6.54 Å². The summed E-state index contributed by atoms with van der Waals surface area (Å²) < 4.78 is 2.00. The van der Waals surface area contributed by atoms with Crippen LogP contribution in [-0.2, 0) is 6.54 Å². The molecule has 0 aliphatic rings. The molecular weight excluding hydrogens is 416 g/mol. The van der Waals surface area contributed by atoms with E-state index in [1.54, 1.807) is 42.6 Å². The molecule has 8 heteroatoms. The van der Waals surface area contributed by atoms with Crippen LogP contribution in [0.1, 0.15) is 21.5 Å². The fraction of sp³-hybridized carbons (Fsp3) is 0.0435. The molecule has 0 spiro atoms. The number of nitro benzene ring substituents is 1. The van der Waals surface area contributed by atoms with Crippen LogP contribution in [-0.4, -0.2) is 21.6 Å². The highest BCUT2D eigenvalue weighted by atomic mass is 35.5. The molecule has 31 heavy (non-hydrogen) atoms. The van der Waals surface area contributed by atoms with Crippen molar-refractivity contribution in [3.05, 3.63) is 111 Å². The molecule has 0 unspecified atom stereocenters. The molecule has 1 N–H and O–H groups in total. The van der Waals surface area contributed by atoms with E-state index in [9.17, 15) is 14.9 Å². The summed E-state index contributed by atoms with van der Waals surface area (Å²) in [5.74, 6) is -0.340. The third-order valence-corrected chi connectivity index (χ3v) is 5.02. The van der Waals surface area contributed by atoms with Gasteiger partial charge in [0.1, 0.15) is 0 Å². The maximum absolute atomic E-state index is 12.2. The molecule has 7 nitrogen and oxygen atoms in total. The van der Waals surface area contributed by atoms with Crippen LogP contribution < -0.4 is 5.43 Å². The Balaban J connectivity index is 1.57. The molecule has 0 aliphatic carbocycles. The number of hydrogen-bond acceptors (Lipinski definition) is 4. The molecule has 0 atom stereocenters. The number of benzene rings is 3. The van der Waals surface area contributed by atoms with Crippen LogP contribution in [0, 0.1) is 10.1 Å². The molecule has 4 aromatic rings. The predicted molar refractivity (Wildman–Crippen MR) is 121 cm³/mol. The Morgan fingerprint density at radius 1 is 1.10 bits per heavy atom. The fourth-order valence-corrected chi connectivity index (χ4v) is 3.43. The first-order chi connectivity index (χ1) is 15.0. The Bertz CT molecular complexity index is 1300. The van der Waals surface area contributed by atoms with Gasteiger partial charge in [0.2, 0.25) is 0 Å². The average molecular weight is 433 g/mol. The summed E-state index contributed by atoms with van der Waals surface area (Å²) in [4.78, 5) is 22.9. The van der Waals surface area contributed by atoms with Gasteiger partial charge in [0.05, 0.1) is 11.1 Å². The van der Waals surface area contributed by atoms with E-state index in [2.05, 4.69) is 10.5 Å². The van der Waals surface area contributed by atoms with Crippen molar-refractivity contribution in [3.8, 4) is 0 Å². The Morgan fingerprint density at radius 2 is 1.87 bits per heavy atom. The topological polar surface area (TPSA) is 89.5 Å². The van der Waals surface area contributed by atoms with Gasteiger partial charge in [-0.15, -0.1) is 0 Å². The minimum atomic E-state index is -0.404. The minimum absolute atomic E-state index is 0.0562. The van der Waals surface area contributed by atoms with Crippen molar-refractivity contribution >= 4 is 40.3 Å². The van der Waals surface area contributed by atoms with E-state index in [0.717, 1.165) is 22.0 Å². The molecule has 1 heterocycles. The van der Waals surface area contributed by atoms with Crippen LogP contribution in [0.25, 0.3) is 10.9 Å². The van der Waals surface area contributed by atoms with Crippen molar-refractivity contribution < 1.29 is 9.72 Å². The van der Waals surface area contributed by atoms with Crippen molar-refractivity contribution in [2.24, 2.45) is 5.10 Å². The minimum Gasteiger partial charge on any atom is -0.342 e. The monoisotopic (exact) mass is 432 g/mol. The molecule has 3 aromatic carbocycles. The van der Waals surface area contributed by atoms with Crippen LogP contribution >= 0.6 is 11.6 Å². The second-order valence-electron chi connectivity index (χ2n) is 6.86. The number of carbonyl (C=O) groups excluding carboxylic acids is 1. The summed E-state index contributed by atoms with van der Waals surface area (Å²) in [5, 5.41) is 16.7. The maximum Gasteiger partial charge on any atom is 0.271 e. The van der Waals surface area contributed by atoms with Gasteiger partial charge in [-0.25, -0.2) is 5.43 Å². The highest BCUT2D eigenvalue weighted by Gasteiger charge is 2.10. The lowest BCUT2D eigenvalue weighted by Gasteiger charge is -2.05. The molecule has 4 rings (SSSR count). The third kappa shape index (κ3) is 4.62. The standard InChI is InChI=1S/C23H17ClN4O3/c24-19-10-8-17(9-11-19)23(29)26-25-13-18-15-27(22-7-2-1-6-21(18)22)14-16-4-3-5-20(12-16)28(30)31/h1-13,15H,14H2,(H,26,29)/b25-13-. The maximum atomic E-state index is 12.2. The lowest BCUT2D eigenvalue weighted by Crippen LogP contribution is -2.17. The van der Waals surface area contributed by atoms with Crippen molar-refractivity contribution in [2.75, 3.05) is 0 Å². The summed E-state index contributed by atoms with van der Waals surface area (Å²) in [6.45, 7) is 0.465. The van der Waals surface area contributed by atoms with Gasteiger partial charge in [0.25, 0.3) is 11.6 Å². The van der Waals surface area contributed by atoms with Crippen LogP contribution in [0.3, 0.4) is 0 Å². The SMILES string of the molecule is O=C(N/N=C\c1cn(Cc2cccc([N+](=O)[O-])c2)c2ccccc12)c1ccc(Cl)cc1. The summed E-state index contributed by atoms with van der Waals surface area (Å²) in [6.07, 6.45) is 3.49. The van der Waals surface area contributed by atoms with Crippen LogP contribution in [0.4, 0.5) is 5.69 Å². The van der Waals surface area contributed by atoms with Gasteiger partial charge in [-0.3, -0.25) is 14.9 Å². The number of nitrogens with one attached hydrogen (secondary N) is 1. The number of fused-ring (bicyclic) bond motifs is 1. The number of para-hydroxylation sites is 1. The molecule has 0 aliphatic heterocycles. The second kappa shape index (κ2) is 8.81. The van der Waals surface area contributed by atoms with E-state index < -0.39 is 4.92 Å². The number of hydrogen-bond donors (Lipinski definition) is 1. The number of halogens is 1. The third-order valence-electron chi connectivity index (χ3n) is 4.77. The van der Waals surface area contributed by atoms with Gasteiger partial charge >= 0.3 is 0 Å². The summed E-state index contributed by atoms with van der Waals surface area (Å²) >= 11 is 5.84. The van der Waals surface area contributed by atoms with Crippen LogP contribution in [0.5, 0.6) is 0 Å². The number of nitrogens with zero attached hydrogens (tertiary/aromatic N) is 3. The van der Waals surface area contributed by atoms with Gasteiger partial charge in [-0.2, -0.15) is 5.10 Å². The van der Waals surface area contributed by atoms with E-state index in [1.807, 2.05) is 41.1 Å². The zero-order valence-corrected chi connectivity index (χ0v) is 17.0. The zero-order chi connectivity index (χ0) is 21.8. The summed E-state index contributed by atoms with van der Waals surface area (Å²) in [5.41, 5.74) is 5.61. The first-order valence-corrected chi connectivity index (χ1v) is 9.79. The van der Waals surface area contributed by atoms with Gasteiger partial charge in [0, 0.05) is 51.9 Å². The Hall–Kier alpha value is -3.97. The van der Waals surface area contributed by atoms with Crippen molar-refractivity contribution in [1.29, 1.82) is 0 Å². The number of non-ortho nitro benzene ring substituents is 1. The van der Waals surface area contributed by atoms with E-state index in [-0.39, 0.29) is 11.6 Å². The zero-order valence-electron chi connectivity index (χ0n) is 16.2. The average Bonchev–Trinajstić information content (AvgIpc) is 3.12. The molecular formula is C23H17ClN4O3. The highest BCUT2D eigenvalue weighted by molar-refractivity contribution is 6.30. The molecule has 0 fully saturated rings. The van der Waals surface area contributed by atoms with Crippen molar-refractivity contribution in [1.82, 2.24) is 9.99 Å². The lowest BCUT2D eigenvalue weighted by molar-refractivity contribution is -0.384. The fourth-order valence-electron chi connectivity index (χ4n) is 3.30. The van der Waals surface area contributed by atoms with Crippen LogP contribution in [0.2, 0.25) is 5.02 Å². The largest absolute Gasteiger partial charge is 0.342 e. The number of aromatic nitrogens is 1. The normalized spacial score (nSPS) is 11.1. The number of rotatable bonds is 6. The van der Waals surface area contributed by atoms with Gasteiger partial charge in [-0.1, -0.05) is 41.9 Å². The smallest absolute Gasteiger partial charge is 0.271 e. The van der Waals surface area contributed by atoms with Crippen molar-refractivity contribution in [3.63, 3.8) is 0 Å². The highest BCUT2D eigenvalue weighted by Crippen LogP contribution is 2.22. The number of hydrazone groups is 1. The first kappa shape index (κ1) is 20.3. The number of nitro groups is 1. The molecule has 154 valence electrons. The number of amides is 1. The molecule has 0 radical (unpaired) electrons. The molecule has 0 saturated heterocycles. The second-order valence-corrected chi connectivity index (χ2v) is 7.30. The van der Waals surface area contributed by atoms with E-state index in [1.165, 1.54) is 6.07 Å². The lowest BCUT2D eigenvalue weighted by atomic mass is 10.2. The Morgan fingerprint density at radius 3 is 2.65 bits per heavy atom. The van der Waals surface area contributed by atoms with E-state index in [0.29, 0.717) is 17.1 Å². The van der Waals surface area contributed by atoms with Crippen LogP contribution in [0.15, 0.2) is 84.1 Å². The number of carbonyl (C=O) groups is 1. The van der Waals surface area contributed by atoms with Gasteiger partial charge < -0.3 is 4.57 Å². The quantitative estimate of drug-likeness (QED) is 0.263. The molecule has 0 bridgehead atoms. The van der Waals surface area contributed by atoms with Gasteiger partial charge in [0.15, 0.2) is 0 Å². The first-order valence-electron chi connectivity index (χ1n) is 9.41. The molecule has 0 saturated carbocycles. The van der Waals surface area contributed by atoms with E-state index >= 15 is 0 Å². The Kier molecular flexibility index (Phi) is 5.77.